The normalized spacial score (nSPS) is 10.3. The molecule has 6 heteroatoms. The second kappa shape index (κ2) is 10.9. The van der Waals surface area contributed by atoms with Gasteiger partial charge in [-0.25, -0.2) is 14.0 Å². The summed E-state index contributed by atoms with van der Waals surface area (Å²) in [5, 5.41) is 8.75. The summed E-state index contributed by atoms with van der Waals surface area (Å²) >= 11 is 0. The quantitative estimate of drug-likeness (QED) is 0.253. The summed E-state index contributed by atoms with van der Waals surface area (Å²) in [7, 11) is 0. The Morgan fingerprint density at radius 2 is 1.41 bits per heavy atom. The standard InChI is InChI=1S/C26H22FNO4/c1-2-3-4-5-18-6-8-19(9-7-18)25(29)31-22-13-10-20(11-14-22)26(30)32-23-15-12-21(17-28)24(27)16-23/h6-16H,2-5H2,1H3. The Balaban J connectivity index is 1.58. The summed E-state index contributed by atoms with van der Waals surface area (Å²) in [6.45, 7) is 2.16. The molecule has 0 atom stereocenters. The van der Waals surface area contributed by atoms with Crippen molar-refractivity contribution in [3.05, 3.63) is 94.8 Å². The molecule has 0 radical (unpaired) electrons. The van der Waals surface area contributed by atoms with Gasteiger partial charge in [-0.05, 0) is 66.9 Å². The number of benzene rings is 3. The molecule has 5 nitrogen and oxygen atoms in total. The van der Waals surface area contributed by atoms with Crippen LogP contribution in [0.1, 0.15) is 58.0 Å². The zero-order valence-electron chi connectivity index (χ0n) is 17.6. The van der Waals surface area contributed by atoms with Crippen LogP contribution in [0.2, 0.25) is 0 Å². The van der Waals surface area contributed by atoms with Gasteiger partial charge < -0.3 is 9.47 Å². The highest BCUT2D eigenvalue weighted by Gasteiger charge is 2.13. The molecule has 0 amide bonds. The van der Waals surface area contributed by atoms with Crippen LogP contribution in [-0.4, -0.2) is 11.9 Å². The number of unbranched alkanes of at least 4 members (excludes halogenated alkanes) is 2. The smallest absolute Gasteiger partial charge is 0.343 e. The van der Waals surface area contributed by atoms with Gasteiger partial charge in [-0.3, -0.25) is 0 Å². The second-order valence-corrected chi connectivity index (χ2v) is 7.21. The van der Waals surface area contributed by atoms with Crippen LogP contribution in [0, 0.1) is 17.1 Å². The summed E-state index contributed by atoms with van der Waals surface area (Å²) in [5.41, 5.74) is 1.68. The number of esters is 2. The summed E-state index contributed by atoms with van der Waals surface area (Å²) in [6, 6.07) is 18.4. The molecule has 0 aliphatic heterocycles. The summed E-state index contributed by atoms with van der Waals surface area (Å²) in [4.78, 5) is 24.6. The number of hydrogen-bond acceptors (Lipinski definition) is 5. The molecule has 3 aromatic carbocycles. The third kappa shape index (κ3) is 6.02. The highest BCUT2D eigenvalue weighted by Crippen LogP contribution is 2.19. The molecule has 0 aliphatic rings. The molecule has 0 spiro atoms. The maximum Gasteiger partial charge on any atom is 0.343 e. The van der Waals surface area contributed by atoms with Crippen molar-refractivity contribution in [1.82, 2.24) is 0 Å². The highest BCUT2D eigenvalue weighted by molar-refractivity contribution is 5.92. The van der Waals surface area contributed by atoms with Crippen molar-refractivity contribution in [2.45, 2.75) is 32.6 Å². The van der Waals surface area contributed by atoms with Crippen LogP contribution in [0.15, 0.2) is 66.7 Å². The Labute approximate surface area is 186 Å². The Morgan fingerprint density at radius 3 is 1.97 bits per heavy atom. The van der Waals surface area contributed by atoms with E-state index >= 15 is 0 Å². The van der Waals surface area contributed by atoms with Crippen LogP contribution >= 0.6 is 0 Å². The minimum Gasteiger partial charge on any atom is -0.423 e. The maximum atomic E-state index is 13.6. The average Bonchev–Trinajstić information content (AvgIpc) is 2.80. The van der Waals surface area contributed by atoms with Gasteiger partial charge in [0, 0.05) is 6.07 Å². The number of carbonyl (C=O) groups excluding carboxylic acids is 2. The third-order valence-corrected chi connectivity index (χ3v) is 4.83. The molecule has 0 saturated carbocycles. The first-order valence-electron chi connectivity index (χ1n) is 10.3. The van der Waals surface area contributed by atoms with Crippen molar-refractivity contribution in [3.63, 3.8) is 0 Å². The molecule has 0 saturated heterocycles. The van der Waals surface area contributed by atoms with E-state index in [1.165, 1.54) is 48.4 Å². The number of aryl methyl sites for hydroxylation is 1. The van der Waals surface area contributed by atoms with Gasteiger partial charge in [-0.1, -0.05) is 31.9 Å². The van der Waals surface area contributed by atoms with Crippen LogP contribution in [0.3, 0.4) is 0 Å². The van der Waals surface area contributed by atoms with E-state index in [4.69, 9.17) is 14.7 Å². The van der Waals surface area contributed by atoms with Gasteiger partial charge in [-0.2, -0.15) is 5.26 Å². The number of hydrogen-bond donors (Lipinski definition) is 0. The predicted molar refractivity (Wildman–Crippen MR) is 117 cm³/mol. The van der Waals surface area contributed by atoms with Gasteiger partial charge in [0.15, 0.2) is 0 Å². The van der Waals surface area contributed by atoms with E-state index in [-0.39, 0.29) is 22.6 Å². The number of rotatable bonds is 8. The molecule has 32 heavy (non-hydrogen) atoms. The number of carbonyl (C=O) groups is 2. The van der Waals surface area contributed by atoms with Crippen molar-refractivity contribution in [1.29, 1.82) is 5.26 Å². The van der Waals surface area contributed by atoms with Gasteiger partial charge in [0.25, 0.3) is 0 Å². The topological polar surface area (TPSA) is 76.4 Å². The number of ether oxygens (including phenoxy) is 2. The van der Waals surface area contributed by atoms with Crippen LogP contribution in [0.5, 0.6) is 11.5 Å². The molecule has 0 unspecified atom stereocenters. The van der Waals surface area contributed by atoms with Crippen LogP contribution < -0.4 is 9.47 Å². The number of halogens is 1. The highest BCUT2D eigenvalue weighted by atomic mass is 19.1. The first-order valence-corrected chi connectivity index (χ1v) is 10.3. The molecule has 3 aromatic rings. The second-order valence-electron chi connectivity index (χ2n) is 7.21. The molecule has 0 aromatic heterocycles. The van der Waals surface area contributed by atoms with E-state index < -0.39 is 17.8 Å². The summed E-state index contributed by atoms with van der Waals surface area (Å²) < 4.78 is 24.1. The van der Waals surface area contributed by atoms with Crippen LogP contribution in [0.4, 0.5) is 4.39 Å². The Hall–Kier alpha value is -3.98. The monoisotopic (exact) mass is 431 g/mol. The fourth-order valence-corrected chi connectivity index (χ4v) is 3.03. The number of nitrogens with zero attached hydrogens (tertiary/aromatic N) is 1. The zero-order chi connectivity index (χ0) is 22.9. The minimum absolute atomic E-state index is 0.0138. The molecular weight excluding hydrogens is 409 g/mol. The molecule has 162 valence electrons. The molecule has 0 heterocycles. The summed E-state index contributed by atoms with van der Waals surface area (Å²) in [6.07, 6.45) is 4.44. The average molecular weight is 431 g/mol. The van der Waals surface area contributed by atoms with E-state index in [1.54, 1.807) is 18.2 Å². The first kappa shape index (κ1) is 22.7. The Kier molecular flexibility index (Phi) is 7.71. The third-order valence-electron chi connectivity index (χ3n) is 4.83. The maximum absolute atomic E-state index is 13.6. The first-order chi connectivity index (χ1) is 15.5. The Bertz CT molecular complexity index is 1130. The Morgan fingerprint density at radius 1 is 0.844 bits per heavy atom. The largest absolute Gasteiger partial charge is 0.423 e. The van der Waals surface area contributed by atoms with Crippen LogP contribution in [0.25, 0.3) is 0 Å². The van der Waals surface area contributed by atoms with E-state index in [0.29, 0.717) is 5.56 Å². The molecular formula is C26H22FNO4. The van der Waals surface area contributed by atoms with E-state index in [0.717, 1.165) is 25.3 Å². The molecule has 3 rings (SSSR count). The van der Waals surface area contributed by atoms with E-state index in [1.807, 2.05) is 12.1 Å². The van der Waals surface area contributed by atoms with Gasteiger partial charge in [0.05, 0.1) is 16.7 Å². The van der Waals surface area contributed by atoms with E-state index in [2.05, 4.69) is 6.92 Å². The minimum atomic E-state index is -0.769. The lowest BCUT2D eigenvalue weighted by Gasteiger charge is -2.07. The SMILES string of the molecule is CCCCCc1ccc(C(=O)Oc2ccc(C(=O)Oc3ccc(C#N)c(F)c3)cc2)cc1. The predicted octanol–water partition coefficient (Wildman–Crippen LogP) is 5.87. The fourth-order valence-electron chi connectivity index (χ4n) is 3.03. The van der Waals surface area contributed by atoms with Gasteiger partial charge in [0.1, 0.15) is 23.4 Å². The molecule has 0 N–H and O–H groups in total. The summed E-state index contributed by atoms with van der Waals surface area (Å²) in [5.74, 6) is -1.70. The van der Waals surface area contributed by atoms with Crippen molar-refractivity contribution in [3.8, 4) is 17.6 Å². The van der Waals surface area contributed by atoms with Crippen LogP contribution in [-0.2, 0) is 6.42 Å². The van der Waals surface area contributed by atoms with Crippen molar-refractivity contribution in [2.75, 3.05) is 0 Å². The molecule has 0 fully saturated rings. The molecule has 0 bridgehead atoms. The van der Waals surface area contributed by atoms with Crippen molar-refractivity contribution in [2.24, 2.45) is 0 Å². The van der Waals surface area contributed by atoms with Gasteiger partial charge in [0.2, 0.25) is 0 Å². The lowest BCUT2D eigenvalue weighted by atomic mass is 10.1. The van der Waals surface area contributed by atoms with Gasteiger partial charge >= 0.3 is 11.9 Å². The van der Waals surface area contributed by atoms with Gasteiger partial charge in [-0.15, -0.1) is 0 Å². The molecule has 0 aliphatic carbocycles. The fraction of sp³-hybridized carbons (Fsp3) is 0.192. The van der Waals surface area contributed by atoms with Crippen molar-refractivity contribution < 1.29 is 23.5 Å². The number of nitriles is 1. The van der Waals surface area contributed by atoms with E-state index in [9.17, 15) is 14.0 Å². The lowest BCUT2D eigenvalue weighted by Crippen LogP contribution is -2.10. The lowest BCUT2D eigenvalue weighted by molar-refractivity contribution is 0.0730. The van der Waals surface area contributed by atoms with Crippen molar-refractivity contribution >= 4 is 11.9 Å². The zero-order valence-corrected chi connectivity index (χ0v) is 17.6.